The van der Waals surface area contributed by atoms with Gasteiger partial charge in [0.05, 0.1) is 5.51 Å². The minimum atomic E-state index is 0.0203. The molecule has 0 saturated carbocycles. The zero-order chi connectivity index (χ0) is 9.14. The number of aromatic nitrogens is 1. The summed E-state index contributed by atoms with van der Waals surface area (Å²) in [5.74, 6) is 0.0203. The van der Waals surface area contributed by atoms with Crippen LogP contribution >= 0.6 is 27.3 Å². The van der Waals surface area contributed by atoms with Crippen molar-refractivity contribution in [3.8, 4) is 0 Å². The van der Waals surface area contributed by atoms with Crippen LogP contribution in [0.3, 0.4) is 0 Å². The highest BCUT2D eigenvalue weighted by Crippen LogP contribution is 2.20. The van der Waals surface area contributed by atoms with Gasteiger partial charge in [-0.15, -0.1) is 11.3 Å². The summed E-state index contributed by atoms with van der Waals surface area (Å²) in [6.45, 7) is 2.65. The Balaban J connectivity index is 2.85. The van der Waals surface area contributed by atoms with Crippen molar-refractivity contribution in [2.45, 2.75) is 6.92 Å². The Morgan fingerprint density at radius 1 is 1.83 bits per heavy atom. The quantitative estimate of drug-likeness (QED) is 0.803. The van der Waals surface area contributed by atoms with Gasteiger partial charge in [0.2, 0.25) is 0 Å². The Morgan fingerprint density at radius 3 is 2.92 bits per heavy atom. The molecule has 0 saturated heterocycles. The van der Waals surface area contributed by atoms with Gasteiger partial charge in [-0.2, -0.15) is 0 Å². The van der Waals surface area contributed by atoms with Gasteiger partial charge in [-0.3, -0.25) is 4.79 Å². The zero-order valence-corrected chi connectivity index (χ0v) is 9.28. The van der Waals surface area contributed by atoms with Crippen LogP contribution in [0.15, 0.2) is 10.1 Å². The Bertz CT molecular complexity index is 287. The molecular formula is C7H9BrN2OS. The molecule has 0 aromatic carbocycles. The lowest BCUT2D eigenvalue weighted by atomic mass is 10.4. The minimum absolute atomic E-state index is 0.0203. The molecule has 0 aliphatic heterocycles. The number of nitrogens with zero attached hydrogens (tertiary/aromatic N) is 2. The van der Waals surface area contributed by atoms with E-state index in [2.05, 4.69) is 20.9 Å². The van der Waals surface area contributed by atoms with Crippen molar-refractivity contribution in [2.75, 3.05) is 13.6 Å². The van der Waals surface area contributed by atoms with Crippen molar-refractivity contribution in [2.24, 2.45) is 0 Å². The van der Waals surface area contributed by atoms with Gasteiger partial charge in [0.15, 0.2) is 0 Å². The maximum atomic E-state index is 11.5. The summed E-state index contributed by atoms with van der Waals surface area (Å²) in [7, 11) is 1.77. The number of amides is 1. The molecule has 1 amide bonds. The number of hydrogen-bond donors (Lipinski definition) is 0. The average molecular weight is 249 g/mol. The second kappa shape index (κ2) is 4.00. The largest absolute Gasteiger partial charge is 0.341 e. The van der Waals surface area contributed by atoms with Crippen LogP contribution < -0.4 is 0 Å². The van der Waals surface area contributed by atoms with Gasteiger partial charge in [-0.05, 0) is 22.9 Å². The predicted molar refractivity (Wildman–Crippen MR) is 52.4 cm³/mol. The average Bonchev–Trinajstić information content (AvgIpc) is 2.48. The first kappa shape index (κ1) is 9.67. The van der Waals surface area contributed by atoms with E-state index in [4.69, 9.17) is 0 Å². The first-order valence-electron chi connectivity index (χ1n) is 3.51. The van der Waals surface area contributed by atoms with Crippen molar-refractivity contribution in [3.63, 3.8) is 0 Å². The summed E-state index contributed by atoms with van der Waals surface area (Å²) in [6.07, 6.45) is 0. The van der Waals surface area contributed by atoms with Crippen molar-refractivity contribution in [1.82, 2.24) is 9.88 Å². The molecule has 1 aromatic heterocycles. The van der Waals surface area contributed by atoms with Gasteiger partial charge in [-0.1, -0.05) is 0 Å². The zero-order valence-electron chi connectivity index (χ0n) is 6.87. The smallest absolute Gasteiger partial charge is 0.266 e. The number of halogens is 1. The molecule has 0 spiro atoms. The maximum Gasteiger partial charge on any atom is 0.266 e. The van der Waals surface area contributed by atoms with Crippen LogP contribution in [-0.2, 0) is 0 Å². The minimum Gasteiger partial charge on any atom is -0.341 e. The van der Waals surface area contributed by atoms with E-state index in [9.17, 15) is 4.79 Å². The molecule has 1 rings (SSSR count). The Kier molecular flexibility index (Phi) is 3.22. The Hall–Kier alpha value is -0.420. The molecule has 0 aliphatic rings. The Labute approximate surface area is 83.5 Å². The third-order valence-corrected chi connectivity index (χ3v) is 3.22. The molecule has 5 heteroatoms. The van der Waals surface area contributed by atoms with E-state index in [0.29, 0.717) is 16.0 Å². The van der Waals surface area contributed by atoms with Gasteiger partial charge >= 0.3 is 0 Å². The lowest BCUT2D eigenvalue weighted by Gasteiger charge is -2.12. The molecule has 0 aliphatic carbocycles. The third kappa shape index (κ3) is 1.84. The summed E-state index contributed by atoms with van der Waals surface area (Å²) in [6, 6.07) is 0. The van der Waals surface area contributed by atoms with Gasteiger partial charge in [0.1, 0.15) is 9.48 Å². The fourth-order valence-electron chi connectivity index (χ4n) is 0.688. The van der Waals surface area contributed by atoms with Crippen LogP contribution in [0.1, 0.15) is 16.6 Å². The summed E-state index contributed by atoms with van der Waals surface area (Å²) in [5.41, 5.74) is 1.65. The molecule has 0 bridgehead atoms. The van der Waals surface area contributed by atoms with Crippen molar-refractivity contribution in [1.29, 1.82) is 0 Å². The van der Waals surface area contributed by atoms with E-state index < -0.39 is 0 Å². The van der Waals surface area contributed by atoms with Crippen LogP contribution in [0.2, 0.25) is 0 Å². The van der Waals surface area contributed by atoms with Crippen molar-refractivity contribution < 1.29 is 4.79 Å². The van der Waals surface area contributed by atoms with E-state index in [1.807, 2.05) is 6.92 Å². The lowest BCUT2D eigenvalue weighted by Crippen LogP contribution is -2.25. The topological polar surface area (TPSA) is 33.2 Å². The third-order valence-electron chi connectivity index (χ3n) is 1.54. The number of carbonyl (C=O) groups excluding carboxylic acids is 1. The molecule has 0 N–H and O–H groups in total. The first-order valence-corrected chi connectivity index (χ1v) is 5.18. The Morgan fingerprint density at radius 2 is 2.50 bits per heavy atom. The van der Waals surface area contributed by atoms with Crippen LogP contribution in [0.4, 0.5) is 0 Å². The molecule has 3 nitrogen and oxygen atoms in total. The normalized spacial score (nSPS) is 9.92. The fourth-order valence-corrected chi connectivity index (χ4v) is 2.05. The van der Waals surface area contributed by atoms with Crippen LogP contribution in [0.25, 0.3) is 0 Å². The second-order valence-corrected chi connectivity index (χ2v) is 3.90. The van der Waals surface area contributed by atoms with E-state index >= 15 is 0 Å². The van der Waals surface area contributed by atoms with E-state index in [0.717, 1.165) is 0 Å². The maximum absolute atomic E-state index is 11.5. The van der Waals surface area contributed by atoms with Crippen LogP contribution in [-0.4, -0.2) is 29.4 Å². The van der Waals surface area contributed by atoms with Gasteiger partial charge < -0.3 is 4.90 Å². The van der Waals surface area contributed by atoms with E-state index in [1.54, 1.807) is 17.5 Å². The van der Waals surface area contributed by atoms with Crippen LogP contribution in [0.5, 0.6) is 0 Å². The molecule has 66 valence electrons. The molecule has 1 aromatic rings. The molecule has 0 radical (unpaired) electrons. The van der Waals surface area contributed by atoms with Gasteiger partial charge in [0.25, 0.3) is 5.91 Å². The number of hydrogen-bond acceptors (Lipinski definition) is 3. The highest BCUT2D eigenvalue weighted by atomic mass is 79.9. The highest BCUT2D eigenvalue weighted by molar-refractivity contribution is 9.10. The predicted octanol–water partition coefficient (Wildman–Crippen LogP) is 2.00. The highest BCUT2D eigenvalue weighted by Gasteiger charge is 2.15. The standard InChI is InChI=1S/C7H9BrN2OS/c1-3-10(2)7(11)5-6(8)9-4-12-5/h4H,3H2,1-2H3. The van der Waals surface area contributed by atoms with Gasteiger partial charge in [0, 0.05) is 13.6 Å². The summed E-state index contributed by atoms with van der Waals surface area (Å²) >= 11 is 4.57. The monoisotopic (exact) mass is 248 g/mol. The molecule has 0 atom stereocenters. The molecule has 0 fully saturated rings. The number of thiazole rings is 1. The summed E-state index contributed by atoms with van der Waals surface area (Å²) < 4.78 is 0.637. The molecular weight excluding hydrogens is 240 g/mol. The molecule has 12 heavy (non-hydrogen) atoms. The SMILES string of the molecule is CCN(C)C(=O)c1scnc1Br. The van der Waals surface area contributed by atoms with Crippen molar-refractivity contribution >= 4 is 33.2 Å². The number of carbonyl (C=O) groups is 1. The first-order chi connectivity index (χ1) is 5.66. The van der Waals surface area contributed by atoms with Crippen LogP contribution in [0, 0.1) is 0 Å². The molecule has 0 unspecified atom stereocenters. The molecule has 1 heterocycles. The fraction of sp³-hybridized carbons (Fsp3) is 0.429. The van der Waals surface area contributed by atoms with Gasteiger partial charge in [-0.25, -0.2) is 4.98 Å². The van der Waals surface area contributed by atoms with Crippen molar-refractivity contribution in [3.05, 3.63) is 15.0 Å². The lowest BCUT2D eigenvalue weighted by molar-refractivity contribution is 0.0806. The van der Waals surface area contributed by atoms with E-state index in [1.165, 1.54) is 11.3 Å². The summed E-state index contributed by atoms with van der Waals surface area (Å²) in [4.78, 5) is 17.8. The van der Waals surface area contributed by atoms with E-state index in [-0.39, 0.29) is 5.91 Å². The number of rotatable bonds is 2. The second-order valence-electron chi connectivity index (χ2n) is 2.29. The summed E-state index contributed by atoms with van der Waals surface area (Å²) in [5, 5.41) is 0.